The second-order valence-electron chi connectivity index (χ2n) is 6.44. The van der Waals surface area contributed by atoms with Crippen molar-refractivity contribution in [3.05, 3.63) is 43.6 Å². The molecule has 0 saturated carbocycles. The molecule has 1 heterocycles. The van der Waals surface area contributed by atoms with Gasteiger partial charge in [-0.15, -0.1) is 0 Å². The molecule has 0 saturated heterocycles. The summed E-state index contributed by atoms with van der Waals surface area (Å²) in [4.78, 5) is 8.81. The molecule has 0 spiro atoms. The maximum Gasteiger partial charge on any atom is 0.159 e. The molecule has 0 unspecified atom stereocenters. The highest BCUT2D eigenvalue weighted by molar-refractivity contribution is 5.56. The highest BCUT2D eigenvalue weighted by atomic mass is 16.5. The van der Waals surface area contributed by atoms with Crippen molar-refractivity contribution in [1.29, 1.82) is 0 Å². The molecule has 26 heavy (non-hydrogen) atoms. The first-order chi connectivity index (χ1) is 12.8. The summed E-state index contributed by atoms with van der Waals surface area (Å²) in [6.07, 6.45) is 12.7. The van der Waals surface area contributed by atoms with Crippen LogP contribution in [0.5, 0.6) is 11.5 Å². The van der Waals surface area contributed by atoms with Crippen molar-refractivity contribution >= 4 is 0 Å². The molecule has 0 bridgehead atoms. The monoisotopic (exact) mass is 355 g/mol. The summed E-state index contributed by atoms with van der Waals surface area (Å²) in [7, 11) is 0. The lowest BCUT2D eigenvalue weighted by Crippen LogP contribution is -1.99. The van der Waals surface area contributed by atoms with Gasteiger partial charge in [0.25, 0.3) is 0 Å². The number of benzene rings is 1. The van der Waals surface area contributed by atoms with Gasteiger partial charge in [-0.05, 0) is 37.1 Å². The van der Waals surface area contributed by atoms with Crippen molar-refractivity contribution < 1.29 is 9.47 Å². The third kappa shape index (κ3) is 7.42. The Morgan fingerprint density at radius 2 is 1.38 bits per heavy atom. The molecular weight excluding hydrogens is 324 g/mol. The first-order valence-electron chi connectivity index (χ1n) is 9.81. The van der Waals surface area contributed by atoms with Gasteiger partial charge in [0.15, 0.2) is 11.6 Å². The van der Waals surface area contributed by atoms with Gasteiger partial charge in [0.05, 0.1) is 25.6 Å². The first-order valence-corrected chi connectivity index (χ1v) is 9.81. The van der Waals surface area contributed by atoms with E-state index in [-0.39, 0.29) is 0 Å². The molecule has 1 aromatic carbocycles. The molecule has 0 aliphatic rings. The number of ether oxygens (including phenoxy) is 2. The van der Waals surface area contributed by atoms with Crippen LogP contribution in [0, 0.1) is 6.92 Å². The maximum absolute atomic E-state index is 5.77. The Kier molecular flexibility index (Phi) is 9.55. The van der Waals surface area contributed by atoms with E-state index in [0.717, 1.165) is 55.8 Å². The number of aromatic nitrogens is 2. The van der Waals surface area contributed by atoms with Crippen LogP contribution in [0.2, 0.25) is 0 Å². The summed E-state index contributed by atoms with van der Waals surface area (Å²) >= 11 is 0. The molecule has 2 rings (SSSR count). The third-order valence-electron chi connectivity index (χ3n) is 4.17. The van der Waals surface area contributed by atoms with Crippen molar-refractivity contribution in [2.75, 3.05) is 13.2 Å². The molecule has 0 amide bonds. The van der Waals surface area contributed by atoms with E-state index in [0.29, 0.717) is 12.4 Å². The van der Waals surface area contributed by atoms with Crippen LogP contribution in [-0.4, -0.2) is 23.2 Å². The topological polar surface area (TPSA) is 44.2 Å². The van der Waals surface area contributed by atoms with Gasteiger partial charge in [-0.2, -0.15) is 0 Å². The smallest absolute Gasteiger partial charge is 0.159 e. The minimum atomic E-state index is 0.698. The van der Waals surface area contributed by atoms with Gasteiger partial charge >= 0.3 is 0 Å². The Morgan fingerprint density at radius 3 is 2.00 bits per heavy atom. The van der Waals surface area contributed by atoms with E-state index in [2.05, 4.69) is 23.8 Å². The molecule has 1 radical (unpaired) electrons. The van der Waals surface area contributed by atoms with Crippen molar-refractivity contribution in [1.82, 2.24) is 9.97 Å². The van der Waals surface area contributed by atoms with Crippen molar-refractivity contribution in [2.24, 2.45) is 0 Å². The van der Waals surface area contributed by atoms with Gasteiger partial charge in [-0.1, -0.05) is 52.4 Å². The molecule has 0 aliphatic heterocycles. The largest absolute Gasteiger partial charge is 0.494 e. The minimum Gasteiger partial charge on any atom is -0.494 e. The highest BCUT2D eigenvalue weighted by Crippen LogP contribution is 2.20. The van der Waals surface area contributed by atoms with Crippen LogP contribution in [0.25, 0.3) is 11.4 Å². The molecule has 0 aliphatic carbocycles. The molecule has 2 aromatic rings. The molecule has 0 atom stereocenters. The summed E-state index contributed by atoms with van der Waals surface area (Å²) in [5, 5.41) is 0. The predicted molar refractivity (Wildman–Crippen MR) is 106 cm³/mol. The van der Waals surface area contributed by atoms with E-state index in [4.69, 9.17) is 9.47 Å². The summed E-state index contributed by atoms with van der Waals surface area (Å²) in [5.41, 5.74) is 0.977. The van der Waals surface area contributed by atoms with Crippen LogP contribution in [0.1, 0.15) is 58.3 Å². The van der Waals surface area contributed by atoms with E-state index >= 15 is 0 Å². The summed E-state index contributed by atoms with van der Waals surface area (Å²) in [5.74, 6) is 2.31. The second kappa shape index (κ2) is 12.3. The van der Waals surface area contributed by atoms with Gasteiger partial charge in [0.1, 0.15) is 5.75 Å². The minimum absolute atomic E-state index is 0.698. The predicted octanol–water partition coefficient (Wildman–Crippen LogP) is 5.88. The van der Waals surface area contributed by atoms with E-state index in [1.54, 1.807) is 12.4 Å². The molecule has 1 aromatic heterocycles. The fourth-order valence-corrected chi connectivity index (χ4v) is 2.60. The van der Waals surface area contributed by atoms with Crippen LogP contribution < -0.4 is 9.47 Å². The SMILES string of the molecule is [CH2]CCCCCOc1cnc(-c2ccc(OCCCCCC)cc2)nc1. The summed E-state index contributed by atoms with van der Waals surface area (Å²) < 4.78 is 11.4. The van der Waals surface area contributed by atoms with E-state index in [1.807, 2.05) is 24.3 Å². The fraction of sp³-hybridized carbons (Fsp3) is 0.500. The number of unbranched alkanes of at least 4 members (excludes halogenated alkanes) is 6. The normalized spacial score (nSPS) is 10.7. The zero-order chi connectivity index (χ0) is 18.5. The number of hydrogen-bond donors (Lipinski definition) is 0. The Balaban J connectivity index is 1.77. The lowest BCUT2D eigenvalue weighted by Gasteiger charge is -2.08. The molecule has 4 heteroatoms. The second-order valence-corrected chi connectivity index (χ2v) is 6.44. The van der Waals surface area contributed by atoms with Gasteiger partial charge in [0, 0.05) is 5.56 Å². The first kappa shape index (κ1) is 20.2. The van der Waals surface area contributed by atoms with Crippen LogP contribution in [0.15, 0.2) is 36.7 Å². The Morgan fingerprint density at radius 1 is 0.769 bits per heavy atom. The van der Waals surface area contributed by atoms with Crippen molar-refractivity contribution in [3.63, 3.8) is 0 Å². The average molecular weight is 356 g/mol. The Hall–Kier alpha value is -2.10. The van der Waals surface area contributed by atoms with E-state index < -0.39 is 0 Å². The third-order valence-corrected chi connectivity index (χ3v) is 4.17. The van der Waals surface area contributed by atoms with Gasteiger partial charge in [-0.25, -0.2) is 9.97 Å². The number of rotatable bonds is 13. The lowest BCUT2D eigenvalue weighted by atomic mass is 10.2. The zero-order valence-electron chi connectivity index (χ0n) is 16.0. The summed E-state index contributed by atoms with van der Waals surface area (Å²) in [6, 6.07) is 7.95. The number of hydrogen-bond acceptors (Lipinski definition) is 4. The Labute approximate surface area is 158 Å². The lowest BCUT2D eigenvalue weighted by molar-refractivity contribution is 0.303. The van der Waals surface area contributed by atoms with Crippen LogP contribution in [0.3, 0.4) is 0 Å². The number of nitrogens with zero attached hydrogens (tertiary/aromatic N) is 2. The maximum atomic E-state index is 5.77. The van der Waals surface area contributed by atoms with Crippen LogP contribution >= 0.6 is 0 Å². The summed E-state index contributed by atoms with van der Waals surface area (Å²) in [6.45, 7) is 7.53. The highest BCUT2D eigenvalue weighted by Gasteiger charge is 2.03. The molecule has 0 N–H and O–H groups in total. The van der Waals surface area contributed by atoms with Gasteiger partial charge in [-0.3, -0.25) is 0 Å². The molecule has 141 valence electrons. The van der Waals surface area contributed by atoms with Crippen LogP contribution in [-0.2, 0) is 0 Å². The zero-order valence-corrected chi connectivity index (χ0v) is 16.0. The quantitative estimate of drug-likeness (QED) is 0.421. The van der Waals surface area contributed by atoms with E-state index in [9.17, 15) is 0 Å². The van der Waals surface area contributed by atoms with Crippen molar-refractivity contribution in [2.45, 2.75) is 58.3 Å². The fourth-order valence-electron chi connectivity index (χ4n) is 2.60. The van der Waals surface area contributed by atoms with E-state index in [1.165, 1.54) is 19.3 Å². The molecule has 0 fully saturated rings. The van der Waals surface area contributed by atoms with Crippen molar-refractivity contribution in [3.8, 4) is 22.9 Å². The molecule has 4 nitrogen and oxygen atoms in total. The Bertz CT molecular complexity index is 541. The average Bonchev–Trinajstić information content (AvgIpc) is 2.69. The van der Waals surface area contributed by atoms with Crippen LogP contribution in [0.4, 0.5) is 0 Å². The standard InChI is InChI=1S/C22H31N2O2/c1-3-5-7-9-15-25-20-13-11-19(12-14-20)22-23-17-21(18-24-22)26-16-10-8-6-4-2/h11-14,17-18H,2-10,15-16H2,1H3. The van der Waals surface area contributed by atoms with Gasteiger partial charge in [0.2, 0.25) is 0 Å². The van der Waals surface area contributed by atoms with Gasteiger partial charge < -0.3 is 9.47 Å². The molecular formula is C22H31N2O2.